The Morgan fingerprint density at radius 2 is 2.05 bits per heavy atom. The molecule has 0 aliphatic heterocycles. The summed E-state index contributed by atoms with van der Waals surface area (Å²) in [5, 5.41) is 1.11. The highest BCUT2D eigenvalue weighted by atomic mass is 16.5. The van der Waals surface area contributed by atoms with Crippen LogP contribution in [0.1, 0.15) is 31.9 Å². The molecular formula is C17H24N2O2. The molecule has 21 heavy (non-hydrogen) atoms. The maximum absolute atomic E-state index is 11.6. The number of nitrogens with two attached hydrogens (primary N) is 1. The third-order valence-electron chi connectivity index (χ3n) is 3.76. The molecule has 0 atom stereocenters. The van der Waals surface area contributed by atoms with Crippen LogP contribution in [0.3, 0.4) is 0 Å². The van der Waals surface area contributed by atoms with Gasteiger partial charge in [-0.05, 0) is 28.7 Å². The van der Waals surface area contributed by atoms with Crippen LogP contribution in [0.15, 0.2) is 24.4 Å². The topological polar surface area (TPSA) is 57.2 Å². The molecule has 2 rings (SSSR count). The molecule has 1 aromatic carbocycles. The lowest BCUT2D eigenvalue weighted by Crippen LogP contribution is -2.11. The number of methoxy groups -OCH3 is 1. The zero-order valence-corrected chi connectivity index (χ0v) is 13.3. The first-order chi connectivity index (χ1) is 9.86. The minimum Gasteiger partial charge on any atom is -0.469 e. The fourth-order valence-electron chi connectivity index (χ4n) is 2.53. The summed E-state index contributed by atoms with van der Waals surface area (Å²) in [6, 6.07) is 6.45. The molecule has 0 spiro atoms. The third kappa shape index (κ3) is 3.27. The molecule has 1 heterocycles. The normalized spacial score (nSPS) is 11.9. The molecule has 0 saturated carbocycles. The third-order valence-corrected chi connectivity index (χ3v) is 3.76. The van der Waals surface area contributed by atoms with Crippen LogP contribution in [0.5, 0.6) is 0 Å². The quantitative estimate of drug-likeness (QED) is 0.880. The van der Waals surface area contributed by atoms with Crippen LogP contribution in [0.4, 0.5) is 0 Å². The second-order valence-corrected chi connectivity index (χ2v) is 6.37. The smallest absolute Gasteiger partial charge is 0.310 e. The first-order valence-electron chi connectivity index (χ1n) is 7.26. The van der Waals surface area contributed by atoms with E-state index < -0.39 is 0 Å². The molecule has 2 aromatic rings. The molecule has 0 bridgehead atoms. The van der Waals surface area contributed by atoms with E-state index in [2.05, 4.69) is 43.5 Å². The van der Waals surface area contributed by atoms with E-state index in [-0.39, 0.29) is 17.8 Å². The fourth-order valence-corrected chi connectivity index (χ4v) is 2.53. The minimum atomic E-state index is -0.219. The highest BCUT2D eigenvalue weighted by molar-refractivity contribution is 5.88. The maximum Gasteiger partial charge on any atom is 0.310 e. The lowest BCUT2D eigenvalue weighted by atomic mass is 9.86. The molecule has 0 saturated heterocycles. The van der Waals surface area contributed by atoms with Crippen molar-refractivity contribution in [2.75, 3.05) is 13.7 Å². The number of carbonyl (C=O) groups is 1. The first kappa shape index (κ1) is 15.6. The monoisotopic (exact) mass is 288 g/mol. The Morgan fingerprint density at radius 1 is 1.33 bits per heavy atom. The van der Waals surface area contributed by atoms with Crippen molar-refractivity contribution < 1.29 is 9.53 Å². The van der Waals surface area contributed by atoms with Gasteiger partial charge >= 0.3 is 5.97 Å². The van der Waals surface area contributed by atoms with Crippen LogP contribution in [0, 0.1) is 0 Å². The number of hydrogen-bond acceptors (Lipinski definition) is 3. The molecule has 0 amide bonds. The SMILES string of the molecule is COC(=O)Cc1cn(CCN)c2ccc(C(C)(C)C)cc12. The van der Waals surface area contributed by atoms with Gasteiger partial charge in [0.15, 0.2) is 0 Å². The second kappa shape index (κ2) is 5.90. The maximum atomic E-state index is 11.6. The number of carbonyl (C=O) groups excluding carboxylic acids is 1. The molecule has 114 valence electrons. The number of nitrogens with zero attached hydrogens (tertiary/aromatic N) is 1. The second-order valence-electron chi connectivity index (χ2n) is 6.37. The largest absolute Gasteiger partial charge is 0.469 e. The number of benzene rings is 1. The average Bonchev–Trinajstić information content (AvgIpc) is 2.76. The zero-order chi connectivity index (χ0) is 15.6. The standard InChI is InChI=1S/C17H24N2O2/c1-17(2,3)13-5-6-15-14(10-13)12(9-16(20)21-4)11-19(15)8-7-18/h5-6,10-11H,7-9,18H2,1-4H3. The number of esters is 1. The number of aromatic nitrogens is 1. The highest BCUT2D eigenvalue weighted by Gasteiger charge is 2.17. The van der Waals surface area contributed by atoms with Crippen molar-refractivity contribution in [3.8, 4) is 0 Å². The van der Waals surface area contributed by atoms with Gasteiger partial charge in [0.25, 0.3) is 0 Å². The van der Waals surface area contributed by atoms with E-state index in [1.165, 1.54) is 12.7 Å². The molecule has 0 aliphatic rings. The Labute approximate surface area is 125 Å². The summed E-state index contributed by atoms with van der Waals surface area (Å²) in [6.45, 7) is 7.87. The van der Waals surface area contributed by atoms with Gasteiger partial charge in [-0.2, -0.15) is 0 Å². The van der Waals surface area contributed by atoms with Gasteiger partial charge in [-0.25, -0.2) is 0 Å². The Kier molecular flexibility index (Phi) is 4.37. The van der Waals surface area contributed by atoms with Crippen molar-refractivity contribution in [1.82, 2.24) is 4.57 Å². The summed E-state index contributed by atoms with van der Waals surface area (Å²) >= 11 is 0. The summed E-state index contributed by atoms with van der Waals surface area (Å²) in [5.74, 6) is -0.219. The van der Waals surface area contributed by atoms with E-state index in [9.17, 15) is 4.79 Å². The molecule has 1 aromatic heterocycles. The highest BCUT2D eigenvalue weighted by Crippen LogP contribution is 2.29. The molecule has 2 N–H and O–H groups in total. The number of fused-ring (bicyclic) bond motifs is 1. The van der Waals surface area contributed by atoms with Gasteiger partial charge in [-0.3, -0.25) is 4.79 Å². The van der Waals surface area contributed by atoms with Gasteiger partial charge in [0.05, 0.1) is 13.5 Å². The van der Waals surface area contributed by atoms with Crippen LogP contribution >= 0.6 is 0 Å². The lowest BCUT2D eigenvalue weighted by molar-refractivity contribution is -0.139. The Balaban J connectivity index is 2.57. The van der Waals surface area contributed by atoms with Gasteiger partial charge in [0, 0.05) is 30.2 Å². The fraction of sp³-hybridized carbons (Fsp3) is 0.471. The molecule has 4 nitrogen and oxygen atoms in total. The summed E-state index contributed by atoms with van der Waals surface area (Å²) in [6.07, 6.45) is 2.30. The van der Waals surface area contributed by atoms with Crippen molar-refractivity contribution in [3.05, 3.63) is 35.5 Å². The van der Waals surface area contributed by atoms with E-state index in [0.717, 1.165) is 23.0 Å². The zero-order valence-electron chi connectivity index (χ0n) is 13.3. The molecular weight excluding hydrogens is 264 g/mol. The average molecular weight is 288 g/mol. The van der Waals surface area contributed by atoms with Crippen molar-refractivity contribution >= 4 is 16.9 Å². The van der Waals surface area contributed by atoms with E-state index in [0.29, 0.717) is 6.54 Å². The first-order valence-corrected chi connectivity index (χ1v) is 7.26. The predicted octanol–water partition coefficient (Wildman–Crippen LogP) is 2.61. The molecule has 4 heteroatoms. The molecule has 0 unspecified atom stereocenters. The Bertz CT molecular complexity index is 651. The van der Waals surface area contributed by atoms with Crippen molar-refractivity contribution in [2.24, 2.45) is 5.73 Å². The van der Waals surface area contributed by atoms with E-state index >= 15 is 0 Å². The van der Waals surface area contributed by atoms with E-state index in [4.69, 9.17) is 10.5 Å². The molecule has 0 aliphatic carbocycles. The van der Waals surface area contributed by atoms with Crippen molar-refractivity contribution in [1.29, 1.82) is 0 Å². The summed E-state index contributed by atoms with van der Waals surface area (Å²) in [5.41, 5.74) is 9.12. The number of hydrogen-bond donors (Lipinski definition) is 1. The van der Waals surface area contributed by atoms with Gasteiger partial charge < -0.3 is 15.0 Å². The Hall–Kier alpha value is -1.81. The van der Waals surface area contributed by atoms with Gasteiger partial charge in [0.2, 0.25) is 0 Å². The summed E-state index contributed by atoms with van der Waals surface area (Å²) in [4.78, 5) is 11.6. The van der Waals surface area contributed by atoms with Crippen LogP contribution < -0.4 is 5.73 Å². The lowest BCUT2D eigenvalue weighted by Gasteiger charge is -2.19. The minimum absolute atomic E-state index is 0.0761. The van der Waals surface area contributed by atoms with Crippen LogP contribution in [0.2, 0.25) is 0 Å². The summed E-state index contributed by atoms with van der Waals surface area (Å²) in [7, 11) is 1.42. The van der Waals surface area contributed by atoms with E-state index in [1.54, 1.807) is 0 Å². The number of ether oxygens (including phenoxy) is 1. The Morgan fingerprint density at radius 3 is 2.62 bits per heavy atom. The van der Waals surface area contributed by atoms with Crippen LogP contribution in [-0.4, -0.2) is 24.2 Å². The van der Waals surface area contributed by atoms with Crippen LogP contribution in [0.25, 0.3) is 10.9 Å². The number of rotatable bonds is 4. The van der Waals surface area contributed by atoms with Crippen molar-refractivity contribution in [3.63, 3.8) is 0 Å². The van der Waals surface area contributed by atoms with Crippen molar-refractivity contribution in [2.45, 2.75) is 39.2 Å². The van der Waals surface area contributed by atoms with Gasteiger partial charge in [0.1, 0.15) is 0 Å². The summed E-state index contributed by atoms with van der Waals surface area (Å²) < 4.78 is 6.91. The van der Waals surface area contributed by atoms with E-state index in [1.807, 2.05) is 6.20 Å². The van der Waals surface area contributed by atoms with Crippen LogP contribution in [-0.2, 0) is 27.9 Å². The van der Waals surface area contributed by atoms with Gasteiger partial charge in [-0.1, -0.05) is 26.8 Å². The molecule has 0 fully saturated rings. The van der Waals surface area contributed by atoms with Gasteiger partial charge in [-0.15, -0.1) is 0 Å². The molecule has 0 radical (unpaired) electrons. The predicted molar refractivity (Wildman–Crippen MR) is 85.4 cm³/mol.